The van der Waals surface area contributed by atoms with Gasteiger partial charge < -0.3 is 4.52 Å². The van der Waals surface area contributed by atoms with Crippen molar-refractivity contribution in [2.45, 2.75) is 56.8 Å². The molecule has 0 amide bonds. The van der Waals surface area contributed by atoms with Crippen LogP contribution < -0.4 is 0 Å². The van der Waals surface area contributed by atoms with Crippen molar-refractivity contribution in [3.63, 3.8) is 0 Å². The van der Waals surface area contributed by atoms with Crippen LogP contribution in [0.2, 0.25) is 0 Å². The quantitative estimate of drug-likeness (QED) is 0.768. The minimum atomic E-state index is -0.109. The van der Waals surface area contributed by atoms with Gasteiger partial charge in [-0.05, 0) is 25.7 Å². The van der Waals surface area contributed by atoms with Crippen molar-refractivity contribution >= 4 is 5.78 Å². The Labute approximate surface area is 94.4 Å². The molecule has 2 aliphatic rings. The lowest BCUT2D eigenvalue weighted by molar-refractivity contribution is -0.119. The van der Waals surface area contributed by atoms with Crippen molar-refractivity contribution in [1.29, 1.82) is 0 Å². The van der Waals surface area contributed by atoms with Gasteiger partial charge >= 0.3 is 0 Å². The maximum absolute atomic E-state index is 11.6. The number of rotatable bonds is 2. The highest BCUT2D eigenvalue weighted by Gasteiger charge is 2.32. The number of Topliss-reactive ketones (excluding diaryl/α,β-unsaturated/α-hetero) is 1. The van der Waals surface area contributed by atoms with Gasteiger partial charge in [0, 0.05) is 12.3 Å². The largest absolute Gasteiger partial charge is 0.339 e. The van der Waals surface area contributed by atoms with E-state index in [0.717, 1.165) is 31.5 Å². The maximum atomic E-state index is 11.6. The van der Waals surface area contributed by atoms with Gasteiger partial charge in [-0.1, -0.05) is 18.0 Å². The van der Waals surface area contributed by atoms with Crippen LogP contribution in [0.15, 0.2) is 4.52 Å². The normalized spacial score (nSPS) is 26.8. The number of nitrogens with zero attached hydrogens (tertiary/aromatic N) is 2. The van der Waals surface area contributed by atoms with Gasteiger partial charge in [0.15, 0.2) is 5.82 Å². The molecule has 2 aliphatic carbocycles. The third-order valence-corrected chi connectivity index (χ3v) is 3.78. The van der Waals surface area contributed by atoms with E-state index in [4.69, 9.17) is 4.52 Å². The summed E-state index contributed by atoms with van der Waals surface area (Å²) in [5.41, 5.74) is 0. The van der Waals surface area contributed by atoms with Crippen molar-refractivity contribution < 1.29 is 9.32 Å². The Morgan fingerprint density at radius 3 is 2.62 bits per heavy atom. The van der Waals surface area contributed by atoms with E-state index in [1.165, 1.54) is 12.8 Å². The van der Waals surface area contributed by atoms with Crippen LogP contribution in [0.4, 0.5) is 0 Å². The summed E-state index contributed by atoms with van der Waals surface area (Å²) in [7, 11) is 0. The third-order valence-electron chi connectivity index (χ3n) is 3.78. The van der Waals surface area contributed by atoms with E-state index in [2.05, 4.69) is 10.1 Å². The van der Waals surface area contributed by atoms with Gasteiger partial charge in [-0.15, -0.1) is 0 Å². The molecular weight excluding hydrogens is 204 g/mol. The SMILES string of the molecule is O=C1CCCC1c1nc(C2CCCC2)no1. The molecule has 0 spiro atoms. The molecule has 2 fully saturated rings. The summed E-state index contributed by atoms with van der Waals surface area (Å²) in [6, 6.07) is 0. The summed E-state index contributed by atoms with van der Waals surface area (Å²) in [5, 5.41) is 4.04. The van der Waals surface area contributed by atoms with E-state index in [1.54, 1.807) is 0 Å². The highest BCUT2D eigenvalue weighted by molar-refractivity contribution is 5.86. The van der Waals surface area contributed by atoms with Gasteiger partial charge in [-0.3, -0.25) is 4.79 Å². The Hall–Kier alpha value is -1.19. The van der Waals surface area contributed by atoms with Crippen LogP contribution in [0.25, 0.3) is 0 Å². The predicted molar refractivity (Wildman–Crippen MR) is 57.1 cm³/mol. The van der Waals surface area contributed by atoms with Crippen molar-refractivity contribution in [2.24, 2.45) is 0 Å². The van der Waals surface area contributed by atoms with Gasteiger partial charge in [0.1, 0.15) is 5.78 Å². The molecule has 0 bridgehead atoms. The molecular formula is C12H16N2O2. The molecule has 0 aromatic carbocycles. The van der Waals surface area contributed by atoms with E-state index < -0.39 is 0 Å². The van der Waals surface area contributed by atoms with E-state index in [9.17, 15) is 4.79 Å². The molecule has 2 saturated carbocycles. The zero-order valence-corrected chi connectivity index (χ0v) is 9.32. The van der Waals surface area contributed by atoms with Crippen molar-refractivity contribution in [3.05, 3.63) is 11.7 Å². The smallest absolute Gasteiger partial charge is 0.237 e. The molecule has 1 atom stereocenters. The minimum Gasteiger partial charge on any atom is -0.339 e. The molecule has 0 N–H and O–H groups in total. The van der Waals surface area contributed by atoms with Crippen LogP contribution in [0.5, 0.6) is 0 Å². The van der Waals surface area contributed by atoms with Gasteiger partial charge in [0.25, 0.3) is 0 Å². The van der Waals surface area contributed by atoms with E-state index in [0.29, 0.717) is 18.2 Å². The van der Waals surface area contributed by atoms with Crippen molar-refractivity contribution in [2.75, 3.05) is 0 Å². The average molecular weight is 220 g/mol. The summed E-state index contributed by atoms with van der Waals surface area (Å²) in [5.74, 6) is 2.01. The molecule has 16 heavy (non-hydrogen) atoms. The zero-order valence-electron chi connectivity index (χ0n) is 9.32. The fourth-order valence-corrected chi connectivity index (χ4v) is 2.82. The first-order valence-electron chi connectivity index (χ1n) is 6.21. The van der Waals surface area contributed by atoms with Crippen LogP contribution in [-0.4, -0.2) is 15.9 Å². The Morgan fingerprint density at radius 1 is 1.12 bits per heavy atom. The van der Waals surface area contributed by atoms with Gasteiger partial charge in [-0.2, -0.15) is 4.98 Å². The molecule has 0 aliphatic heterocycles. The van der Waals surface area contributed by atoms with E-state index in [-0.39, 0.29) is 11.7 Å². The van der Waals surface area contributed by atoms with Crippen LogP contribution in [0.3, 0.4) is 0 Å². The van der Waals surface area contributed by atoms with Crippen LogP contribution in [0.1, 0.15) is 68.5 Å². The number of hydrogen-bond donors (Lipinski definition) is 0. The maximum Gasteiger partial charge on any atom is 0.237 e. The second kappa shape index (κ2) is 4.00. The van der Waals surface area contributed by atoms with Crippen LogP contribution in [-0.2, 0) is 4.79 Å². The fraction of sp³-hybridized carbons (Fsp3) is 0.750. The molecule has 3 rings (SSSR count). The number of aromatic nitrogens is 2. The van der Waals surface area contributed by atoms with E-state index >= 15 is 0 Å². The summed E-state index contributed by atoms with van der Waals surface area (Å²) in [4.78, 5) is 16.0. The molecule has 1 aromatic heterocycles. The Bertz CT molecular complexity index is 393. The molecule has 1 unspecified atom stereocenters. The van der Waals surface area contributed by atoms with Gasteiger partial charge in [0.2, 0.25) is 5.89 Å². The summed E-state index contributed by atoms with van der Waals surface area (Å²) >= 11 is 0. The second-order valence-electron chi connectivity index (χ2n) is 4.88. The van der Waals surface area contributed by atoms with Crippen molar-refractivity contribution in [3.8, 4) is 0 Å². The lowest BCUT2D eigenvalue weighted by atomic mass is 10.1. The Kier molecular flexibility index (Phi) is 2.50. The molecule has 1 heterocycles. The van der Waals surface area contributed by atoms with Crippen LogP contribution >= 0.6 is 0 Å². The Balaban J connectivity index is 1.79. The van der Waals surface area contributed by atoms with Crippen molar-refractivity contribution in [1.82, 2.24) is 10.1 Å². The third kappa shape index (κ3) is 1.66. The lowest BCUT2D eigenvalue weighted by Gasteiger charge is -2.01. The number of carbonyl (C=O) groups excluding carboxylic acids is 1. The summed E-state index contributed by atoms with van der Waals surface area (Å²) < 4.78 is 5.25. The van der Waals surface area contributed by atoms with Gasteiger partial charge in [0.05, 0.1) is 5.92 Å². The summed E-state index contributed by atoms with van der Waals surface area (Å²) in [6.07, 6.45) is 7.37. The molecule has 0 saturated heterocycles. The lowest BCUT2D eigenvalue weighted by Crippen LogP contribution is -2.05. The first kappa shape index (κ1) is 10.00. The minimum absolute atomic E-state index is 0.109. The zero-order chi connectivity index (χ0) is 11.0. The number of carbonyl (C=O) groups is 1. The molecule has 0 radical (unpaired) electrons. The predicted octanol–water partition coefficient (Wildman–Crippen LogP) is 2.56. The number of hydrogen-bond acceptors (Lipinski definition) is 4. The Morgan fingerprint density at radius 2 is 1.94 bits per heavy atom. The summed E-state index contributed by atoms with van der Waals surface area (Å²) in [6.45, 7) is 0. The van der Waals surface area contributed by atoms with Crippen LogP contribution in [0, 0.1) is 0 Å². The first-order chi connectivity index (χ1) is 7.84. The topological polar surface area (TPSA) is 56.0 Å². The first-order valence-corrected chi connectivity index (χ1v) is 6.21. The second-order valence-corrected chi connectivity index (χ2v) is 4.88. The highest BCUT2D eigenvalue weighted by Crippen LogP contribution is 2.35. The average Bonchev–Trinajstić information content (AvgIpc) is 2.96. The molecule has 86 valence electrons. The molecule has 4 heteroatoms. The van der Waals surface area contributed by atoms with E-state index in [1.807, 2.05) is 0 Å². The monoisotopic (exact) mass is 220 g/mol. The highest BCUT2D eigenvalue weighted by atomic mass is 16.5. The van der Waals surface area contributed by atoms with Gasteiger partial charge in [-0.25, -0.2) is 0 Å². The number of ketones is 1. The molecule has 4 nitrogen and oxygen atoms in total. The fourth-order valence-electron chi connectivity index (χ4n) is 2.82. The standard InChI is InChI=1S/C12H16N2O2/c15-10-7-3-6-9(10)12-13-11(14-16-12)8-4-1-2-5-8/h8-9H,1-7H2. The molecule has 1 aromatic rings.